The van der Waals surface area contributed by atoms with Crippen molar-refractivity contribution in [3.63, 3.8) is 0 Å². The van der Waals surface area contributed by atoms with Crippen LogP contribution in [0.5, 0.6) is 0 Å². The molecule has 10 heteroatoms. The van der Waals surface area contributed by atoms with Crippen LogP contribution in [0.4, 0.5) is 18.0 Å². The molecule has 1 heterocycles. The van der Waals surface area contributed by atoms with Gasteiger partial charge in [0.15, 0.2) is 0 Å². The quantitative estimate of drug-likeness (QED) is 0.760. The number of piperidine rings is 1. The van der Waals surface area contributed by atoms with Crippen LogP contribution in [0.1, 0.15) is 40.0 Å². The molecule has 0 aromatic carbocycles. The van der Waals surface area contributed by atoms with Gasteiger partial charge in [-0.3, -0.25) is 9.59 Å². The largest absolute Gasteiger partial charge is 0.471 e. The van der Waals surface area contributed by atoms with E-state index in [0.717, 1.165) is 4.90 Å². The summed E-state index contributed by atoms with van der Waals surface area (Å²) in [6.07, 6.45) is -4.57. The summed E-state index contributed by atoms with van der Waals surface area (Å²) in [6, 6.07) is 0. The van der Waals surface area contributed by atoms with E-state index >= 15 is 0 Å². The van der Waals surface area contributed by atoms with Crippen LogP contribution < -0.4 is 10.6 Å². The van der Waals surface area contributed by atoms with E-state index in [9.17, 15) is 27.6 Å². The Morgan fingerprint density at radius 1 is 1.08 bits per heavy atom. The van der Waals surface area contributed by atoms with Crippen LogP contribution in [0.25, 0.3) is 0 Å². The summed E-state index contributed by atoms with van der Waals surface area (Å²) in [5.41, 5.74) is -0.616. The van der Waals surface area contributed by atoms with Gasteiger partial charge in [0.1, 0.15) is 5.60 Å². The average Bonchev–Trinajstić information content (AvgIpc) is 2.50. The van der Waals surface area contributed by atoms with Crippen LogP contribution in [0, 0.1) is 5.92 Å². The first kappa shape index (κ1) is 22.0. The molecule has 150 valence electrons. The topological polar surface area (TPSA) is 87.7 Å². The molecule has 0 aromatic rings. The van der Waals surface area contributed by atoms with Crippen molar-refractivity contribution in [3.05, 3.63) is 0 Å². The summed E-state index contributed by atoms with van der Waals surface area (Å²) in [7, 11) is 0. The van der Waals surface area contributed by atoms with Crippen molar-refractivity contribution in [1.29, 1.82) is 0 Å². The van der Waals surface area contributed by atoms with Crippen molar-refractivity contribution in [1.82, 2.24) is 15.5 Å². The predicted octanol–water partition coefficient (Wildman–Crippen LogP) is 1.82. The van der Waals surface area contributed by atoms with Crippen molar-refractivity contribution in [2.24, 2.45) is 5.92 Å². The first-order chi connectivity index (χ1) is 11.9. The number of ether oxygens (including phenoxy) is 1. The van der Waals surface area contributed by atoms with Crippen molar-refractivity contribution >= 4 is 17.9 Å². The second kappa shape index (κ2) is 9.09. The molecule has 0 unspecified atom stereocenters. The molecule has 0 bridgehead atoms. The Hall–Kier alpha value is -2.00. The van der Waals surface area contributed by atoms with Gasteiger partial charge in [0.25, 0.3) is 0 Å². The highest BCUT2D eigenvalue weighted by Gasteiger charge is 2.43. The predicted molar refractivity (Wildman–Crippen MR) is 87.2 cm³/mol. The van der Waals surface area contributed by atoms with Crippen LogP contribution >= 0.6 is 0 Å². The zero-order valence-corrected chi connectivity index (χ0v) is 15.2. The third kappa shape index (κ3) is 8.39. The second-order valence-corrected chi connectivity index (χ2v) is 7.22. The molecular formula is C16H26F3N3O4. The maximum absolute atomic E-state index is 12.4. The number of alkyl carbamates (subject to hydrolysis) is 1. The molecule has 0 spiro atoms. The lowest BCUT2D eigenvalue weighted by Gasteiger charge is -2.32. The number of likely N-dealkylation sites (tertiary alicyclic amines) is 1. The molecule has 0 saturated carbocycles. The van der Waals surface area contributed by atoms with Gasteiger partial charge in [-0.15, -0.1) is 0 Å². The number of nitrogens with zero attached hydrogens (tertiary/aromatic N) is 1. The van der Waals surface area contributed by atoms with E-state index in [1.165, 1.54) is 0 Å². The summed E-state index contributed by atoms with van der Waals surface area (Å²) in [5.74, 6) is -2.06. The Morgan fingerprint density at radius 3 is 2.15 bits per heavy atom. The summed E-state index contributed by atoms with van der Waals surface area (Å²) in [6.45, 7) is 5.70. The van der Waals surface area contributed by atoms with Crippen LogP contribution in [-0.2, 0) is 14.3 Å². The number of nitrogens with one attached hydrogen (secondary N) is 2. The lowest BCUT2D eigenvalue weighted by molar-refractivity contribution is -0.186. The molecule has 26 heavy (non-hydrogen) atoms. The van der Waals surface area contributed by atoms with Crippen LogP contribution in [0.3, 0.4) is 0 Å². The molecule has 0 aliphatic carbocycles. The Kier molecular flexibility index (Phi) is 7.70. The third-order valence-electron chi connectivity index (χ3n) is 3.75. The summed E-state index contributed by atoms with van der Waals surface area (Å²) in [4.78, 5) is 35.1. The zero-order chi connectivity index (χ0) is 20.0. The molecule has 0 radical (unpaired) electrons. The fraction of sp³-hybridized carbons (Fsp3) is 0.812. The lowest BCUT2D eigenvalue weighted by Crippen LogP contribution is -2.46. The van der Waals surface area contributed by atoms with E-state index in [0.29, 0.717) is 19.4 Å². The standard InChI is InChI=1S/C16H26F3N3O4/c1-15(2,3)26-14(25)20-7-4-12(23)21-10-11-5-8-22(9-6-11)13(24)16(17,18)19/h11H,4-10H2,1-3H3,(H,20,25)(H,21,23). The molecule has 1 fully saturated rings. The van der Waals surface area contributed by atoms with Gasteiger partial charge in [-0.2, -0.15) is 13.2 Å². The van der Waals surface area contributed by atoms with Gasteiger partial charge >= 0.3 is 18.2 Å². The minimum absolute atomic E-state index is 0.0232. The third-order valence-corrected chi connectivity index (χ3v) is 3.75. The van der Waals surface area contributed by atoms with Gasteiger partial charge in [0.2, 0.25) is 5.91 Å². The van der Waals surface area contributed by atoms with E-state index in [2.05, 4.69) is 10.6 Å². The molecule has 1 saturated heterocycles. The molecule has 2 N–H and O–H groups in total. The van der Waals surface area contributed by atoms with E-state index in [1.807, 2.05) is 0 Å². The minimum atomic E-state index is -4.85. The molecule has 1 aliphatic heterocycles. The first-order valence-corrected chi connectivity index (χ1v) is 8.48. The van der Waals surface area contributed by atoms with E-state index < -0.39 is 23.8 Å². The number of alkyl halides is 3. The second-order valence-electron chi connectivity index (χ2n) is 7.22. The van der Waals surface area contributed by atoms with Gasteiger partial charge in [0, 0.05) is 32.6 Å². The Bertz CT molecular complexity index is 510. The highest BCUT2D eigenvalue weighted by molar-refractivity contribution is 5.82. The molecule has 7 nitrogen and oxygen atoms in total. The fourth-order valence-electron chi connectivity index (χ4n) is 2.46. The summed E-state index contributed by atoms with van der Waals surface area (Å²) in [5, 5.41) is 5.16. The smallest absolute Gasteiger partial charge is 0.444 e. The van der Waals surface area contributed by atoms with Gasteiger partial charge < -0.3 is 20.3 Å². The number of amides is 3. The Morgan fingerprint density at radius 2 is 1.65 bits per heavy atom. The van der Waals surface area contributed by atoms with Crippen molar-refractivity contribution in [2.45, 2.75) is 51.8 Å². The van der Waals surface area contributed by atoms with Crippen LogP contribution in [-0.4, -0.2) is 60.8 Å². The monoisotopic (exact) mass is 381 g/mol. The molecule has 0 aromatic heterocycles. The Labute approximate surface area is 150 Å². The fourth-order valence-corrected chi connectivity index (χ4v) is 2.46. The van der Waals surface area contributed by atoms with Crippen molar-refractivity contribution in [3.8, 4) is 0 Å². The van der Waals surface area contributed by atoms with E-state index in [1.54, 1.807) is 20.8 Å². The lowest BCUT2D eigenvalue weighted by atomic mass is 9.96. The highest BCUT2D eigenvalue weighted by Crippen LogP contribution is 2.23. The normalized spacial score (nSPS) is 16.2. The maximum Gasteiger partial charge on any atom is 0.471 e. The number of carbonyl (C=O) groups excluding carboxylic acids is 3. The van der Waals surface area contributed by atoms with Gasteiger partial charge in [-0.1, -0.05) is 0 Å². The highest BCUT2D eigenvalue weighted by atomic mass is 19.4. The number of carbonyl (C=O) groups is 3. The summed E-state index contributed by atoms with van der Waals surface area (Å²) < 4.78 is 42.1. The number of rotatable bonds is 5. The molecular weight excluding hydrogens is 355 g/mol. The van der Waals surface area contributed by atoms with E-state index in [4.69, 9.17) is 4.74 Å². The van der Waals surface area contributed by atoms with Gasteiger partial charge in [-0.25, -0.2) is 4.79 Å². The maximum atomic E-state index is 12.4. The van der Waals surface area contributed by atoms with Crippen molar-refractivity contribution < 1.29 is 32.3 Å². The average molecular weight is 381 g/mol. The van der Waals surface area contributed by atoms with Crippen LogP contribution in [0.15, 0.2) is 0 Å². The number of halogens is 3. The first-order valence-electron chi connectivity index (χ1n) is 8.48. The zero-order valence-electron chi connectivity index (χ0n) is 15.2. The van der Waals surface area contributed by atoms with Gasteiger partial charge in [0.05, 0.1) is 0 Å². The molecule has 0 atom stereocenters. The van der Waals surface area contributed by atoms with Gasteiger partial charge in [-0.05, 0) is 39.5 Å². The number of hydrogen-bond acceptors (Lipinski definition) is 4. The molecule has 1 rings (SSSR count). The minimum Gasteiger partial charge on any atom is -0.444 e. The summed E-state index contributed by atoms with van der Waals surface area (Å²) >= 11 is 0. The molecule has 3 amide bonds. The SMILES string of the molecule is CC(C)(C)OC(=O)NCCC(=O)NCC1CCN(C(=O)C(F)(F)F)CC1. The van der Waals surface area contributed by atoms with E-state index in [-0.39, 0.29) is 37.9 Å². The molecule has 1 aliphatic rings. The Balaban J connectivity index is 2.19. The van der Waals surface area contributed by atoms with Crippen molar-refractivity contribution in [2.75, 3.05) is 26.2 Å². The van der Waals surface area contributed by atoms with Crippen LogP contribution in [0.2, 0.25) is 0 Å². The number of hydrogen-bond donors (Lipinski definition) is 2.